The molecule has 3 aromatic rings. The fourth-order valence-electron chi connectivity index (χ4n) is 5.56. The molecular weight excluding hydrogens is 656 g/mol. The minimum atomic E-state index is -4.15. The number of carbonyl (C=O) groups is 1. The molecule has 0 spiro atoms. The molecule has 0 radical (unpaired) electrons. The van der Waals surface area contributed by atoms with Crippen molar-refractivity contribution in [2.45, 2.75) is 47.5 Å². The fourth-order valence-corrected chi connectivity index (χ4v) is 10.5. The van der Waals surface area contributed by atoms with E-state index in [2.05, 4.69) is 39.4 Å². The molecule has 0 atom stereocenters. The van der Waals surface area contributed by atoms with Crippen LogP contribution >= 0.6 is 19.4 Å². The average Bonchev–Trinajstić information content (AvgIpc) is 3.31. The van der Waals surface area contributed by atoms with E-state index in [1.807, 2.05) is 41.5 Å². The van der Waals surface area contributed by atoms with E-state index in [0.29, 0.717) is 23.2 Å². The SMILES string of the molecule is COc1ccc(C(F)(F)C(=O)N[CH]=[Ru]([Cl])([Cl])=[C]2N(c3c(C)cc(C)cc3C)CCN2c2c(C)cc(C)cc2C)cc1. The summed E-state index contributed by atoms with van der Waals surface area (Å²) >= 11 is -4.15. The predicted molar refractivity (Wildman–Crippen MR) is 164 cm³/mol. The molecule has 41 heavy (non-hydrogen) atoms. The van der Waals surface area contributed by atoms with Gasteiger partial charge in [-0.15, -0.1) is 0 Å². The average molecular weight is 692 g/mol. The number of methoxy groups -OCH3 is 1. The summed E-state index contributed by atoms with van der Waals surface area (Å²) < 4.78 is 37.2. The van der Waals surface area contributed by atoms with Crippen LogP contribution in [0.5, 0.6) is 5.75 Å². The number of hydrogen-bond donors (Lipinski definition) is 1. The molecule has 0 bridgehead atoms. The van der Waals surface area contributed by atoms with Crippen molar-refractivity contribution in [3.05, 3.63) is 87.5 Å². The number of aryl methyl sites for hydroxylation is 6. The van der Waals surface area contributed by atoms with Gasteiger partial charge >= 0.3 is 252 Å². The first kappa shape index (κ1) is 31.3. The monoisotopic (exact) mass is 691 g/mol. The number of ether oxygens (including phenoxy) is 1. The zero-order chi connectivity index (χ0) is 30.3. The van der Waals surface area contributed by atoms with E-state index in [9.17, 15) is 4.79 Å². The molecule has 222 valence electrons. The number of hydrogen-bond acceptors (Lipinski definition) is 4. The van der Waals surface area contributed by atoms with Crippen LogP contribution in [-0.2, 0) is 22.6 Å². The van der Waals surface area contributed by atoms with Crippen LogP contribution in [0.2, 0.25) is 0 Å². The fraction of sp³-hybridized carbons (Fsp3) is 0.323. The first-order valence-corrected chi connectivity index (χ1v) is 19.4. The molecule has 1 N–H and O–H groups in total. The number of rotatable bonds is 6. The van der Waals surface area contributed by atoms with E-state index in [0.717, 1.165) is 56.9 Å². The van der Waals surface area contributed by atoms with Crippen LogP contribution in [0.15, 0.2) is 48.5 Å². The van der Waals surface area contributed by atoms with E-state index in [1.54, 1.807) is 0 Å². The van der Waals surface area contributed by atoms with Gasteiger partial charge in [-0.2, -0.15) is 0 Å². The van der Waals surface area contributed by atoms with E-state index >= 15 is 8.78 Å². The van der Waals surface area contributed by atoms with Crippen LogP contribution in [0, 0.1) is 41.5 Å². The van der Waals surface area contributed by atoms with Gasteiger partial charge in [0, 0.05) is 0 Å². The number of halogens is 4. The summed E-state index contributed by atoms with van der Waals surface area (Å²) in [6.45, 7) is 13.4. The summed E-state index contributed by atoms with van der Waals surface area (Å²) in [4.78, 5) is 17.0. The van der Waals surface area contributed by atoms with Crippen LogP contribution < -0.4 is 19.9 Å². The van der Waals surface area contributed by atoms with Gasteiger partial charge in [0.1, 0.15) is 0 Å². The van der Waals surface area contributed by atoms with E-state index in [-0.39, 0.29) is 0 Å². The number of nitrogens with one attached hydrogen (secondary N) is 1. The van der Waals surface area contributed by atoms with Crippen molar-refractivity contribution in [1.82, 2.24) is 5.32 Å². The normalized spacial score (nSPS) is 14.4. The Hall–Kier alpha value is -2.67. The summed E-state index contributed by atoms with van der Waals surface area (Å²) in [5.74, 6) is -4.90. The number of nitrogens with zero attached hydrogens (tertiary/aromatic N) is 2. The third-order valence-corrected chi connectivity index (χ3v) is 12.2. The third kappa shape index (κ3) is 6.25. The molecule has 0 aromatic heterocycles. The van der Waals surface area contributed by atoms with Crippen molar-refractivity contribution in [3.8, 4) is 5.75 Å². The molecule has 10 heteroatoms. The Balaban J connectivity index is 1.86. The van der Waals surface area contributed by atoms with Gasteiger partial charge in [-0.3, -0.25) is 0 Å². The minimum absolute atomic E-state index is 0.410. The standard InChI is InChI=1S/C21H26N2.C10H9F2NO2.2ClH.Ru/c1-14-9-16(3)20(17(4)10-14)22-7-8-23(13-22)21-18(5)11-15(2)12-19(21)6;1-13-9(14)10(11,12)7-3-5-8(15-2)6-4-7;;;/h9-12H,7-8H2,1-6H3;1,3-6H,2H3,(H,13,14);2*1H;/q;;;;+2/p-2. The van der Waals surface area contributed by atoms with Crippen LogP contribution in [0.4, 0.5) is 20.2 Å². The van der Waals surface area contributed by atoms with Crippen molar-refractivity contribution < 1.29 is 30.2 Å². The quantitative estimate of drug-likeness (QED) is 0.281. The van der Waals surface area contributed by atoms with Gasteiger partial charge < -0.3 is 0 Å². The Morgan fingerprint density at radius 3 is 1.66 bits per heavy atom. The second-order valence-electron chi connectivity index (χ2n) is 10.4. The van der Waals surface area contributed by atoms with E-state index in [1.165, 1.54) is 24.0 Å². The molecule has 3 aromatic carbocycles. The van der Waals surface area contributed by atoms with E-state index in [4.69, 9.17) is 24.1 Å². The third-order valence-electron chi connectivity index (χ3n) is 7.05. The van der Waals surface area contributed by atoms with Crippen LogP contribution in [0.3, 0.4) is 0 Å². The number of benzene rings is 3. The summed E-state index contributed by atoms with van der Waals surface area (Å²) in [5.41, 5.74) is 7.98. The number of anilines is 2. The van der Waals surface area contributed by atoms with Crippen LogP contribution in [0.25, 0.3) is 0 Å². The van der Waals surface area contributed by atoms with Crippen molar-refractivity contribution in [2.24, 2.45) is 0 Å². The van der Waals surface area contributed by atoms with Crippen LogP contribution in [-0.4, -0.2) is 35.2 Å². The summed E-state index contributed by atoms with van der Waals surface area (Å²) in [6.07, 6.45) is 0. The molecule has 1 aliphatic heterocycles. The Bertz CT molecular complexity index is 1510. The molecular formula is C31H35Cl2F2N3O2Ru. The molecule has 1 saturated heterocycles. The molecule has 1 heterocycles. The van der Waals surface area contributed by atoms with Gasteiger partial charge in [-0.25, -0.2) is 0 Å². The van der Waals surface area contributed by atoms with E-state index < -0.39 is 29.3 Å². The molecule has 0 unspecified atom stereocenters. The molecule has 0 aliphatic carbocycles. The van der Waals surface area contributed by atoms with Gasteiger partial charge in [-0.1, -0.05) is 0 Å². The first-order valence-electron chi connectivity index (χ1n) is 13.0. The molecule has 0 saturated carbocycles. The van der Waals surface area contributed by atoms with Crippen molar-refractivity contribution >= 4 is 45.8 Å². The molecule has 4 rings (SSSR count). The topological polar surface area (TPSA) is 44.8 Å². The Morgan fingerprint density at radius 2 is 1.27 bits per heavy atom. The Morgan fingerprint density at radius 1 is 0.854 bits per heavy atom. The van der Waals surface area contributed by atoms with Gasteiger partial charge in [0.25, 0.3) is 0 Å². The number of amides is 1. The second kappa shape index (κ2) is 11.9. The molecule has 1 aliphatic rings. The van der Waals surface area contributed by atoms with Gasteiger partial charge in [-0.05, 0) is 0 Å². The van der Waals surface area contributed by atoms with Crippen molar-refractivity contribution in [3.63, 3.8) is 0 Å². The summed E-state index contributed by atoms with van der Waals surface area (Å²) in [7, 11) is 15.8. The Labute approximate surface area is 251 Å². The Kier molecular flexibility index (Phi) is 9.08. The predicted octanol–water partition coefficient (Wildman–Crippen LogP) is 7.09. The van der Waals surface area contributed by atoms with Gasteiger partial charge in [0.05, 0.1) is 0 Å². The summed E-state index contributed by atoms with van der Waals surface area (Å²) in [6, 6.07) is 13.5. The van der Waals surface area contributed by atoms with Gasteiger partial charge in [0.2, 0.25) is 0 Å². The molecule has 1 amide bonds. The van der Waals surface area contributed by atoms with Crippen LogP contribution in [0.1, 0.15) is 38.9 Å². The number of alkyl halides is 2. The number of carbonyl (C=O) groups excluding carboxylic acids is 1. The first-order chi connectivity index (χ1) is 19.2. The maximum atomic E-state index is 15.1. The molecule has 5 nitrogen and oxygen atoms in total. The zero-order valence-corrected chi connectivity index (χ0v) is 27.4. The van der Waals surface area contributed by atoms with Crippen molar-refractivity contribution in [2.75, 3.05) is 30.0 Å². The second-order valence-corrected chi connectivity index (χ2v) is 19.6. The summed E-state index contributed by atoms with van der Waals surface area (Å²) in [5, 5.41) is 2.28. The molecule has 1 fully saturated rings. The van der Waals surface area contributed by atoms with Crippen molar-refractivity contribution in [1.29, 1.82) is 0 Å². The van der Waals surface area contributed by atoms with Gasteiger partial charge in [0.15, 0.2) is 0 Å². The maximum absolute atomic E-state index is 15.1. The zero-order valence-electron chi connectivity index (χ0n) is 24.2.